The fourth-order valence-corrected chi connectivity index (χ4v) is 5.67. The van der Waals surface area contributed by atoms with Crippen LogP contribution in [0.25, 0.3) is 34.3 Å². The van der Waals surface area contributed by atoms with Gasteiger partial charge in [-0.2, -0.15) is 0 Å². The standard InChI is InChI=1S/C31H26N2O2S2/c1-3-19-32-30(34)28(37-31(32)36)21-24-20-27(22-11-7-5-8-12-22)33(29(24)23-13-9-6-10-14-23)25-15-17-26(18-16-25)35-4-2/h3,5-18,20-21H,1,4,19H2,2H3/b28-21-. The zero-order valence-corrected chi connectivity index (χ0v) is 22.1. The summed E-state index contributed by atoms with van der Waals surface area (Å²) in [5, 5.41) is 0. The van der Waals surface area contributed by atoms with Crippen LogP contribution < -0.4 is 4.74 Å². The number of carbonyl (C=O) groups excluding carboxylic acids is 1. The summed E-state index contributed by atoms with van der Waals surface area (Å²) in [5.41, 5.74) is 6.09. The molecule has 1 aliphatic heterocycles. The van der Waals surface area contributed by atoms with Crippen molar-refractivity contribution < 1.29 is 9.53 Å². The predicted molar refractivity (Wildman–Crippen MR) is 158 cm³/mol. The maximum absolute atomic E-state index is 13.2. The zero-order valence-electron chi connectivity index (χ0n) is 20.5. The van der Waals surface area contributed by atoms with Crippen molar-refractivity contribution in [1.29, 1.82) is 0 Å². The van der Waals surface area contributed by atoms with Gasteiger partial charge in [-0.15, -0.1) is 6.58 Å². The molecule has 2 heterocycles. The summed E-state index contributed by atoms with van der Waals surface area (Å²) in [4.78, 5) is 15.4. The maximum atomic E-state index is 13.2. The van der Waals surface area contributed by atoms with Gasteiger partial charge in [0.15, 0.2) is 0 Å². The summed E-state index contributed by atoms with van der Waals surface area (Å²) in [6.07, 6.45) is 3.65. The molecule has 3 aromatic carbocycles. The smallest absolute Gasteiger partial charge is 0.266 e. The monoisotopic (exact) mass is 522 g/mol. The van der Waals surface area contributed by atoms with Gasteiger partial charge in [0.05, 0.1) is 22.9 Å². The van der Waals surface area contributed by atoms with Crippen molar-refractivity contribution in [3.8, 4) is 34.0 Å². The van der Waals surface area contributed by atoms with Crippen LogP contribution in [-0.2, 0) is 4.79 Å². The Morgan fingerprint density at radius 1 is 0.946 bits per heavy atom. The summed E-state index contributed by atoms with van der Waals surface area (Å²) in [5.74, 6) is 0.732. The highest BCUT2D eigenvalue weighted by Crippen LogP contribution is 2.40. The van der Waals surface area contributed by atoms with Gasteiger partial charge in [0, 0.05) is 17.8 Å². The highest BCUT2D eigenvalue weighted by Gasteiger charge is 2.32. The molecule has 6 heteroatoms. The molecule has 4 aromatic rings. The lowest BCUT2D eigenvalue weighted by Crippen LogP contribution is -2.27. The van der Waals surface area contributed by atoms with Gasteiger partial charge in [-0.05, 0) is 54.5 Å². The number of rotatable bonds is 8. The number of nitrogens with zero attached hydrogens (tertiary/aromatic N) is 2. The van der Waals surface area contributed by atoms with E-state index in [-0.39, 0.29) is 5.91 Å². The average molecular weight is 523 g/mol. The number of carbonyl (C=O) groups is 1. The number of thioether (sulfide) groups is 1. The van der Waals surface area contributed by atoms with Gasteiger partial charge < -0.3 is 9.30 Å². The Hall–Kier alpha value is -3.87. The maximum Gasteiger partial charge on any atom is 0.266 e. The van der Waals surface area contributed by atoms with Crippen LogP contribution in [0.1, 0.15) is 12.5 Å². The Kier molecular flexibility index (Phi) is 7.40. The Morgan fingerprint density at radius 3 is 2.22 bits per heavy atom. The largest absolute Gasteiger partial charge is 0.494 e. The van der Waals surface area contributed by atoms with Crippen LogP contribution in [-0.4, -0.2) is 32.8 Å². The molecule has 0 unspecified atom stereocenters. The van der Waals surface area contributed by atoms with Crippen molar-refractivity contribution in [2.75, 3.05) is 13.2 Å². The number of thiocarbonyl (C=S) groups is 1. The minimum atomic E-state index is -0.0935. The first-order chi connectivity index (χ1) is 18.1. The third kappa shape index (κ3) is 5.03. The quantitative estimate of drug-likeness (QED) is 0.136. The van der Waals surface area contributed by atoms with E-state index in [0.717, 1.165) is 39.5 Å². The van der Waals surface area contributed by atoms with E-state index in [4.69, 9.17) is 17.0 Å². The molecule has 184 valence electrons. The summed E-state index contributed by atoms with van der Waals surface area (Å²) in [7, 11) is 0. The van der Waals surface area contributed by atoms with E-state index in [2.05, 4.69) is 53.6 Å². The molecule has 1 aromatic heterocycles. The molecular weight excluding hydrogens is 496 g/mol. The number of hydrogen-bond donors (Lipinski definition) is 0. The van der Waals surface area contributed by atoms with E-state index in [0.29, 0.717) is 22.4 Å². The molecule has 1 fully saturated rings. The van der Waals surface area contributed by atoms with Crippen molar-refractivity contribution in [3.05, 3.63) is 114 Å². The van der Waals surface area contributed by atoms with Gasteiger partial charge >= 0.3 is 0 Å². The normalized spacial score (nSPS) is 14.4. The zero-order chi connectivity index (χ0) is 25.8. The highest BCUT2D eigenvalue weighted by atomic mass is 32.2. The molecular formula is C31H26N2O2S2. The Labute approximate surface area is 226 Å². The molecule has 1 aliphatic rings. The Morgan fingerprint density at radius 2 is 1.59 bits per heavy atom. The topological polar surface area (TPSA) is 34.5 Å². The third-order valence-corrected chi connectivity index (χ3v) is 7.40. The van der Waals surface area contributed by atoms with Crippen molar-refractivity contribution in [2.45, 2.75) is 6.92 Å². The number of amides is 1. The van der Waals surface area contributed by atoms with Crippen LogP contribution in [0, 0.1) is 0 Å². The van der Waals surface area contributed by atoms with Crippen LogP contribution in [0.5, 0.6) is 5.75 Å². The summed E-state index contributed by atoms with van der Waals surface area (Å²) >= 11 is 6.81. The number of benzene rings is 3. The fourth-order valence-electron chi connectivity index (χ4n) is 4.41. The molecule has 37 heavy (non-hydrogen) atoms. The predicted octanol–water partition coefficient (Wildman–Crippen LogP) is 7.60. The molecule has 4 nitrogen and oxygen atoms in total. The Balaban J connectivity index is 1.75. The van der Waals surface area contributed by atoms with Crippen molar-refractivity contribution >= 4 is 40.3 Å². The van der Waals surface area contributed by atoms with E-state index in [1.54, 1.807) is 11.0 Å². The number of aromatic nitrogens is 1. The summed E-state index contributed by atoms with van der Waals surface area (Å²) in [6.45, 7) is 6.75. The van der Waals surface area contributed by atoms with Crippen molar-refractivity contribution in [3.63, 3.8) is 0 Å². The second-order valence-electron chi connectivity index (χ2n) is 8.41. The molecule has 0 bridgehead atoms. The van der Waals surface area contributed by atoms with E-state index < -0.39 is 0 Å². The van der Waals surface area contributed by atoms with Gasteiger partial charge in [-0.1, -0.05) is 90.7 Å². The fraction of sp³-hybridized carbons (Fsp3) is 0.0968. The van der Waals surface area contributed by atoms with Gasteiger partial charge in [0.2, 0.25) is 0 Å². The van der Waals surface area contributed by atoms with Crippen molar-refractivity contribution in [2.24, 2.45) is 0 Å². The highest BCUT2D eigenvalue weighted by molar-refractivity contribution is 8.26. The van der Waals surface area contributed by atoms with E-state index in [1.807, 2.05) is 61.5 Å². The minimum Gasteiger partial charge on any atom is -0.494 e. The average Bonchev–Trinajstić information content (AvgIpc) is 3.43. The third-order valence-electron chi connectivity index (χ3n) is 6.02. The molecule has 5 rings (SSSR count). The van der Waals surface area contributed by atoms with Crippen LogP contribution in [0.4, 0.5) is 0 Å². The minimum absolute atomic E-state index is 0.0935. The van der Waals surface area contributed by atoms with Crippen LogP contribution in [0.3, 0.4) is 0 Å². The van der Waals surface area contributed by atoms with Crippen LogP contribution >= 0.6 is 24.0 Å². The van der Waals surface area contributed by atoms with Gasteiger partial charge in [0.1, 0.15) is 10.1 Å². The Bertz CT molecular complexity index is 1470. The first-order valence-electron chi connectivity index (χ1n) is 12.1. The van der Waals surface area contributed by atoms with E-state index in [1.165, 1.54) is 11.8 Å². The molecule has 1 saturated heterocycles. The first kappa shape index (κ1) is 24.8. The SMILES string of the molecule is C=CCN1C(=O)/C(=C/c2cc(-c3ccccc3)n(-c3ccc(OCC)cc3)c2-c2ccccc2)SC1=S. The number of ether oxygens (including phenoxy) is 1. The first-order valence-corrected chi connectivity index (χ1v) is 13.3. The molecule has 0 radical (unpaired) electrons. The van der Waals surface area contributed by atoms with E-state index >= 15 is 0 Å². The van der Waals surface area contributed by atoms with Gasteiger partial charge in [0.25, 0.3) is 5.91 Å². The lowest BCUT2D eigenvalue weighted by molar-refractivity contribution is -0.121. The summed E-state index contributed by atoms with van der Waals surface area (Å²) < 4.78 is 8.48. The molecule has 0 atom stereocenters. The number of hydrogen-bond acceptors (Lipinski definition) is 4. The van der Waals surface area contributed by atoms with Gasteiger partial charge in [-0.25, -0.2) is 0 Å². The molecule has 0 spiro atoms. The lowest BCUT2D eigenvalue weighted by Gasteiger charge is -2.16. The molecule has 0 aliphatic carbocycles. The van der Waals surface area contributed by atoms with Crippen LogP contribution in [0.2, 0.25) is 0 Å². The molecule has 0 N–H and O–H groups in total. The van der Waals surface area contributed by atoms with E-state index in [9.17, 15) is 4.79 Å². The van der Waals surface area contributed by atoms with Crippen molar-refractivity contribution in [1.82, 2.24) is 9.47 Å². The molecule has 1 amide bonds. The van der Waals surface area contributed by atoms with Crippen LogP contribution in [0.15, 0.2) is 109 Å². The lowest BCUT2D eigenvalue weighted by atomic mass is 10.1. The summed E-state index contributed by atoms with van der Waals surface area (Å²) in [6, 6.07) is 30.8. The second-order valence-corrected chi connectivity index (χ2v) is 10.1. The molecule has 0 saturated carbocycles. The second kappa shape index (κ2) is 11.0. The van der Waals surface area contributed by atoms with Gasteiger partial charge in [-0.3, -0.25) is 9.69 Å².